The van der Waals surface area contributed by atoms with Crippen LogP contribution in [0.25, 0.3) is 0 Å². The van der Waals surface area contributed by atoms with Gasteiger partial charge in [-0.1, -0.05) is 30.3 Å². The number of hydrogen-bond donors (Lipinski definition) is 1. The van der Waals surface area contributed by atoms with Gasteiger partial charge in [0, 0.05) is 56.5 Å². The summed E-state index contributed by atoms with van der Waals surface area (Å²) in [5.74, 6) is 0. The smallest absolute Gasteiger partial charge is 0.263 e. The lowest BCUT2D eigenvalue weighted by Crippen LogP contribution is -2.46. The Balaban J connectivity index is 1.31. The molecule has 2 aromatic carbocycles. The summed E-state index contributed by atoms with van der Waals surface area (Å²) in [6.45, 7) is 5.07. The van der Waals surface area contributed by atoms with Gasteiger partial charge in [0.15, 0.2) is 0 Å². The Kier molecular flexibility index (Phi) is 6.30. The zero-order chi connectivity index (χ0) is 20.8. The van der Waals surface area contributed by atoms with E-state index in [4.69, 9.17) is 0 Å². The summed E-state index contributed by atoms with van der Waals surface area (Å²) >= 11 is 0. The second kappa shape index (κ2) is 9.28. The van der Waals surface area contributed by atoms with Gasteiger partial charge in [-0.3, -0.25) is 14.6 Å². The number of piperazine rings is 1. The lowest BCUT2D eigenvalue weighted by Gasteiger charge is -2.36. The van der Waals surface area contributed by atoms with E-state index in [-0.39, 0.29) is 4.90 Å². The van der Waals surface area contributed by atoms with E-state index in [1.807, 2.05) is 24.3 Å². The lowest BCUT2D eigenvalue weighted by atomic mass is 10.1. The maximum absolute atomic E-state index is 12.5. The standard InChI is InChI=1S/C23H26N4O2S/c28-30(29,23-10-5-12-24-19-23)25-21-7-4-6-20(18-21)11-13-26-14-16-27(17-15-26)22-8-2-1-3-9-22/h1-10,12,18-19,25H,11,13-17H2. The van der Waals surface area contributed by atoms with Crippen molar-refractivity contribution in [1.82, 2.24) is 9.88 Å². The molecule has 1 saturated heterocycles. The van der Waals surface area contributed by atoms with Gasteiger partial charge in [-0.2, -0.15) is 0 Å². The largest absolute Gasteiger partial charge is 0.369 e. The molecule has 0 atom stereocenters. The fourth-order valence-corrected chi connectivity index (χ4v) is 4.68. The molecule has 0 unspecified atom stereocenters. The van der Waals surface area contributed by atoms with Crippen molar-refractivity contribution in [2.45, 2.75) is 11.3 Å². The molecule has 1 fully saturated rings. The predicted octanol–water partition coefficient (Wildman–Crippen LogP) is 3.25. The number of aromatic nitrogens is 1. The number of benzene rings is 2. The van der Waals surface area contributed by atoms with E-state index in [2.05, 4.69) is 43.8 Å². The molecule has 0 spiro atoms. The molecule has 1 aromatic heterocycles. The molecular formula is C23H26N4O2S. The van der Waals surface area contributed by atoms with Crippen LogP contribution in [-0.2, 0) is 16.4 Å². The van der Waals surface area contributed by atoms with Crippen LogP contribution in [0.4, 0.5) is 11.4 Å². The molecule has 0 saturated carbocycles. The molecule has 156 valence electrons. The maximum atomic E-state index is 12.5. The number of anilines is 2. The zero-order valence-electron chi connectivity index (χ0n) is 16.8. The molecule has 30 heavy (non-hydrogen) atoms. The monoisotopic (exact) mass is 422 g/mol. The number of pyridine rings is 1. The number of para-hydroxylation sites is 1. The van der Waals surface area contributed by atoms with E-state index >= 15 is 0 Å². The first-order chi connectivity index (χ1) is 14.6. The van der Waals surface area contributed by atoms with Crippen LogP contribution in [0.5, 0.6) is 0 Å². The van der Waals surface area contributed by atoms with Gasteiger partial charge < -0.3 is 4.90 Å². The molecule has 1 aliphatic heterocycles. The van der Waals surface area contributed by atoms with Crippen LogP contribution in [0.2, 0.25) is 0 Å². The van der Waals surface area contributed by atoms with E-state index in [0.717, 1.165) is 44.7 Å². The Morgan fingerprint density at radius 1 is 0.900 bits per heavy atom. The molecule has 1 aliphatic rings. The summed E-state index contributed by atoms with van der Waals surface area (Å²) in [7, 11) is -3.63. The molecule has 0 bridgehead atoms. The highest BCUT2D eigenvalue weighted by atomic mass is 32.2. The van der Waals surface area contributed by atoms with E-state index in [9.17, 15) is 8.42 Å². The number of nitrogens with zero attached hydrogens (tertiary/aromatic N) is 3. The highest BCUT2D eigenvalue weighted by molar-refractivity contribution is 7.92. The van der Waals surface area contributed by atoms with Crippen molar-refractivity contribution in [3.05, 3.63) is 84.7 Å². The first-order valence-corrected chi connectivity index (χ1v) is 11.6. The summed E-state index contributed by atoms with van der Waals surface area (Å²) in [6.07, 6.45) is 3.79. The van der Waals surface area contributed by atoms with Crippen LogP contribution < -0.4 is 9.62 Å². The molecule has 6 nitrogen and oxygen atoms in total. The fourth-order valence-electron chi connectivity index (χ4n) is 3.67. The summed E-state index contributed by atoms with van der Waals surface area (Å²) < 4.78 is 27.7. The Morgan fingerprint density at radius 2 is 1.70 bits per heavy atom. The predicted molar refractivity (Wildman–Crippen MR) is 120 cm³/mol. The van der Waals surface area contributed by atoms with Crippen molar-refractivity contribution in [1.29, 1.82) is 0 Å². The summed E-state index contributed by atoms with van der Waals surface area (Å²) in [6, 6.07) is 21.3. The molecule has 3 aromatic rings. The van der Waals surface area contributed by atoms with Crippen LogP contribution in [0.3, 0.4) is 0 Å². The van der Waals surface area contributed by atoms with Crippen LogP contribution in [-0.4, -0.2) is 51.0 Å². The van der Waals surface area contributed by atoms with E-state index < -0.39 is 10.0 Å². The molecule has 0 amide bonds. The van der Waals surface area contributed by atoms with Gasteiger partial charge in [0.05, 0.1) is 0 Å². The third kappa shape index (κ3) is 5.17. The fraction of sp³-hybridized carbons (Fsp3) is 0.261. The molecule has 7 heteroatoms. The highest BCUT2D eigenvalue weighted by Gasteiger charge is 2.17. The zero-order valence-corrected chi connectivity index (χ0v) is 17.6. The van der Waals surface area contributed by atoms with Gasteiger partial charge in [0.1, 0.15) is 4.90 Å². The summed E-state index contributed by atoms with van der Waals surface area (Å²) in [4.78, 5) is 8.93. The average molecular weight is 423 g/mol. The molecular weight excluding hydrogens is 396 g/mol. The minimum Gasteiger partial charge on any atom is -0.369 e. The minimum absolute atomic E-state index is 0.159. The third-order valence-electron chi connectivity index (χ3n) is 5.33. The molecule has 2 heterocycles. The summed E-state index contributed by atoms with van der Waals surface area (Å²) in [5, 5.41) is 0. The van der Waals surface area contributed by atoms with Crippen molar-refractivity contribution < 1.29 is 8.42 Å². The second-order valence-corrected chi connectivity index (χ2v) is 9.09. The van der Waals surface area contributed by atoms with Gasteiger partial charge in [0.25, 0.3) is 10.0 Å². The quantitative estimate of drug-likeness (QED) is 0.633. The topological polar surface area (TPSA) is 65.5 Å². The van der Waals surface area contributed by atoms with E-state index in [0.29, 0.717) is 5.69 Å². The van der Waals surface area contributed by atoms with Crippen LogP contribution in [0.15, 0.2) is 84.0 Å². The summed E-state index contributed by atoms with van der Waals surface area (Å²) in [5.41, 5.74) is 2.97. The van der Waals surface area contributed by atoms with Gasteiger partial charge in [0.2, 0.25) is 0 Å². The van der Waals surface area contributed by atoms with Gasteiger partial charge >= 0.3 is 0 Å². The Labute approximate surface area is 178 Å². The lowest BCUT2D eigenvalue weighted by molar-refractivity contribution is 0.261. The first-order valence-electron chi connectivity index (χ1n) is 10.1. The van der Waals surface area contributed by atoms with E-state index in [1.54, 1.807) is 18.3 Å². The SMILES string of the molecule is O=S(=O)(Nc1cccc(CCN2CCN(c3ccccc3)CC2)c1)c1cccnc1. The molecule has 1 N–H and O–H groups in total. The van der Waals surface area contributed by atoms with Gasteiger partial charge in [-0.25, -0.2) is 8.42 Å². The van der Waals surface area contributed by atoms with Gasteiger partial charge in [-0.05, 0) is 48.4 Å². The van der Waals surface area contributed by atoms with Crippen molar-refractivity contribution in [3.63, 3.8) is 0 Å². The maximum Gasteiger partial charge on any atom is 0.263 e. The number of nitrogens with one attached hydrogen (secondary N) is 1. The van der Waals surface area contributed by atoms with Crippen molar-refractivity contribution >= 4 is 21.4 Å². The first kappa shape index (κ1) is 20.4. The highest BCUT2D eigenvalue weighted by Crippen LogP contribution is 2.18. The van der Waals surface area contributed by atoms with Crippen molar-refractivity contribution in [2.24, 2.45) is 0 Å². The van der Waals surface area contributed by atoms with Crippen LogP contribution in [0, 0.1) is 0 Å². The molecule has 0 radical (unpaired) electrons. The minimum atomic E-state index is -3.63. The Bertz CT molecular complexity index is 1050. The normalized spacial score (nSPS) is 15.1. The second-order valence-electron chi connectivity index (χ2n) is 7.41. The Morgan fingerprint density at radius 3 is 2.43 bits per heavy atom. The van der Waals surface area contributed by atoms with Crippen molar-refractivity contribution in [2.75, 3.05) is 42.3 Å². The number of hydrogen-bond acceptors (Lipinski definition) is 5. The number of rotatable bonds is 7. The van der Waals surface area contributed by atoms with Gasteiger partial charge in [-0.15, -0.1) is 0 Å². The van der Waals surface area contributed by atoms with Crippen LogP contribution >= 0.6 is 0 Å². The molecule has 4 rings (SSSR count). The number of sulfonamides is 1. The van der Waals surface area contributed by atoms with Crippen LogP contribution in [0.1, 0.15) is 5.56 Å². The third-order valence-corrected chi connectivity index (χ3v) is 6.70. The Hall–Kier alpha value is -2.90. The van der Waals surface area contributed by atoms with E-state index in [1.165, 1.54) is 18.0 Å². The van der Waals surface area contributed by atoms with Crippen molar-refractivity contribution in [3.8, 4) is 0 Å². The molecule has 0 aliphatic carbocycles. The average Bonchev–Trinajstić information content (AvgIpc) is 2.79.